The normalized spacial score (nSPS) is 11.3. The summed E-state index contributed by atoms with van der Waals surface area (Å²) in [6, 6.07) is 2.74. The molecular weight excluding hydrogens is 505 g/mol. The Kier molecular flexibility index (Phi) is 9.49. The molecule has 0 spiro atoms. The van der Waals surface area contributed by atoms with E-state index in [4.69, 9.17) is 21.1 Å². The van der Waals surface area contributed by atoms with Gasteiger partial charge in [-0.1, -0.05) is 37.2 Å². The van der Waals surface area contributed by atoms with Gasteiger partial charge in [0.2, 0.25) is 11.7 Å². The lowest BCUT2D eigenvalue weighted by Crippen LogP contribution is -2.16. The van der Waals surface area contributed by atoms with Gasteiger partial charge in [0, 0.05) is 11.6 Å². The highest BCUT2D eigenvalue weighted by molar-refractivity contribution is 8.00. The summed E-state index contributed by atoms with van der Waals surface area (Å²) in [5, 5.41) is 0.218. The number of methoxy groups -OCH3 is 1. The Hall–Kier alpha value is -2.38. The first-order chi connectivity index (χ1) is 15.7. The van der Waals surface area contributed by atoms with E-state index in [1.165, 1.54) is 26.2 Å². The quantitative estimate of drug-likeness (QED) is 0.359. The second-order valence-electron chi connectivity index (χ2n) is 5.94. The van der Waals surface area contributed by atoms with Gasteiger partial charge in [0.05, 0.1) is 28.2 Å². The molecule has 0 atom stereocenters. The molecule has 3 aromatic rings. The molecular formula is C19H22ClF3N4O4S2. The summed E-state index contributed by atoms with van der Waals surface area (Å²) in [5.41, 5.74) is 0.377. The number of hydrogen-bond donors (Lipinski definition) is 2. The average molecular weight is 527 g/mol. The largest absolute Gasteiger partial charge is 0.484 e. The van der Waals surface area contributed by atoms with E-state index < -0.39 is 22.5 Å². The number of hydrogen-bond acceptors (Lipinski definition) is 7. The topological polar surface area (TPSA) is 106 Å². The molecule has 3 rings (SSSR count). The maximum atomic E-state index is 12.9. The Bertz CT molecular complexity index is 1210. The number of anilines is 1. The van der Waals surface area contributed by atoms with Crippen molar-refractivity contribution in [2.24, 2.45) is 0 Å². The number of aryl methyl sites for hydroxylation is 1. The number of halogens is 4. The van der Waals surface area contributed by atoms with Gasteiger partial charge in [0.25, 0.3) is 21.7 Å². The number of nitrogens with zero attached hydrogens (tertiary/aromatic N) is 2. The number of H-pyrrole nitrogens is 1. The Morgan fingerprint density at radius 3 is 2.58 bits per heavy atom. The molecule has 2 heterocycles. The summed E-state index contributed by atoms with van der Waals surface area (Å²) in [4.78, 5) is 10.5. The van der Waals surface area contributed by atoms with E-state index in [2.05, 4.69) is 19.7 Å². The van der Waals surface area contributed by atoms with Crippen LogP contribution in [0.2, 0.25) is 5.02 Å². The lowest BCUT2D eigenvalue weighted by molar-refractivity contribution is 0.252. The number of fused-ring (bicyclic) bond motifs is 1. The molecule has 0 aliphatic rings. The fraction of sp³-hybridized carbons (Fsp3) is 0.368. The van der Waals surface area contributed by atoms with Crippen LogP contribution >= 0.6 is 23.4 Å². The summed E-state index contributed by atoms with van der Waals surface area (Å²) in [6.45, 7) is 4.52. The molecule has 0 bridgehead atoms. The number of ether oxygens (including phenoxy) is 2. The lowest BCUT2D eigenvalue weighted by atomic mass is 10.2. The first-order valence-corrected chi connectivity index (χ1v) is 12.3. The standard InChI is InChI=1S/C17H16ClF3N4O4S2.C2H6/c1-8-13(29-6-5-19)15(28-2)24-17(23-8)25-31(26,27)11-7-22-12-9(11)3-4-10(18)14(12)30-16(20)21;1-2/h3-4,7,16,22H,5-6H2,1-2H3,(H,23,24,25);1-2H3. The van der Waals surface area contributed by atoms with E-state index in [0.29, 0.717) is 0 Å². The van der Waals surface area contributed by atoms with Gasteiger partial charge in [-0.3, -0.25) is 0 Å². The van der Waals surface area contributed by atoms with Crippen molar-refractivity contribution in [1.29, 1.82) is 0 Å². The van der Waals surface area contributed by atoms with E-state index in [1.807, 2.05) is 13.8 Å². The Morgan fingerprint density at radius 1 is 1.27 bits per heavy atom. The molecule has 0 aliphatic carbocycles. The fourth-order valence-corrected chi connectivity index (χ4v) is 4.80. The summed E-state index contributed by atoms with van der Waals surface area (Å²) in [6.07, 6.45) is 1.15. The molecule has 0 aliphatic heterocycles. The number of rotatable bonds is 9. The van der Waals surface area contributed by atoms with Crippen molar-refractivity contribution < 1.29 is 31.1 Å². The third-order valence-electron chi connectivity index (χ3n) is 3.97. The van der Waals surface area contributed by atoms with Crippen LogP contribution in [-0.4, -0.2) is 49.5 Å². The zero-order chi connectivity index (χ0) is 24.8. The monoisotopic (exact) mass is 526 g/mol. The Labute approximate surface area is 198 Å². The van der Waals surface area contributed by atoms with Gasteiger partial charge >= 0.3 is 0 Å². The van der Waals surface area contributed by atoms with Crippen molar-refractivity contribution in [1.82, 2.24) is 15.0 Å². The molecule has 1 aromatic carbocycles. The first-order valence-electron chi connectivity index (χ1n) is 9.56. The summed E-state index contributed by atoms with van der Waals surface area (Å²) >= 11 is 6.20. The molecule has 33 heavy (non-hydrogen) atoms. The van der Waals surface area contributed by atoms with Gasteiger partial charge in [0.15, 0.2) is 0 Å². The molecule has 0 amide bonds. The molecule has 0 saturated carbocycles. The van der Waals surface area contributed by atoms with Crippen LogP contribution in [0.25, 0.3) is 10.9 Å². The number of alkyl halides is 3. The molecule has 182 valence electrons. The summed E-state index contributed by atoms with van der Waals surface area (Å²) in [5.74, 6) is -3.06. The minimum Gasteiger partial charge on any atom is -0.484 e. The highest BCUT2D eigenvalue weighted by atomic mass is 35.5. The molecule has 0 fully saturated rings. The molecule has 2 N–H and O–H groups in total. The van der Waals surface area contributed by atoms with Crippen LogP contribution in [0, 0.1) is 6.92 Å². The number of sulfonamides is 1. The van der Waals surface area contributed by atoms with Crippen LogP contribution in [-0.2, 0) is 10.0 Å². The van der Waals surface area contributed by atoms with E-state index >= 15 is 0 Å². The third-order valence-corrected chi connectivity index (χ3v) is 6.60. The second kappa shape index (κ2) is 11.7. The van der Waals surface area contributed by atoms with Gasteiger partial charge in [-0.2, -0.15) is 13.8 Å². The number of benzene rings is 1. The zero-order valence-electron chi connectivity index (χ0n) is 18.1. The van der Waals surface area contributed by atoms with Crippen LogP contribution in [0.4, 0.5) is 19.1 Å². The zero-order valence-corrected chi connectivity index (χ0v) is 20.5. The van der Waals surface area contributed by atoms with Crippen molar-refractivity contribution in [2.45, 2.75) is 36.3 Å². The summed E-state index contributed by atoms with van der Waals surface area (Å²) in [7, 11) is -2.94. The van der Waals surface area contributed by atoms with Crippen LogP contribution in [0.15, 0.2) is 28.1 Å². The molecule has 8 nitrogen and oxygen atoms in total. The smallest absolute Gasteiger partial charge is 0.289 e. The summed E-state index contributed by atoms with van der Waals surface area (Å²) < 4.78 is 76.5. The maximum absolute atomic E-state index is 12.9. The number of thioether (sulfide) groups is 1. The fourth-order valence-electron chi connectivity index (χ4n) is 2.75. The predicted octanol–water partition coefficient (Wildman–Crippen LogP) is 5.42. The van der Waals surface area contributed by atoms with Gasteiger partial charge in [-0.05, 0) is 19.1 Å². The lowest BCUT2D eigenvalue weighted by Gasteiger charge is -2.13. The van der Waals surface area contributed by atoms with Crippen molar-refractivity contribution in [2.75, 3.05) is 25.1 Å². The first kappa shape index (κ1) is 26.9. The molecule has 14 heteroatoms. The van der Waals surface area contributed by atoms with Crippen molar-refractivity contribution in [3.05, 3.63) is 29.0 Å². The molecule has 0 radical (unpaired) electrons. The van der Waals surface area contributed by atoms with Gasteiger partial charge in [0.1, 0.15) is 18.2 Å². The Morgan fingerprint density at radius 2 is 1.97 bits per heavy atom. The van der Waals surface area contributed by atoms with Crippen LogP contribution in [0.1, 0.15) is 19.5 Å². The number of aromatic nitrogens is 3. The highest BCUT2D eigenvalue weighted by Crippen LogP contribution is 2.39. The van der Waals surface area contributed by atoms with E-state index in [1.54, 1.807) is 0 Å². The van der Waals surface area contributed by atoms with Crippen LogP contribution < -0.4 is 14.2 Å². The average Bonchev–Trinajstić information content (AvgIpc) is 3.21. The van der Waals surface area contributed by atoms with E-state index in [9.17, 15) is 21.6 Å². The predicted molar refractivity (Wildman–Crippen MR) is 122 cm³/mol. The Balaban J connectivity index is 0.00000187. The minimum atomic E-state index is -4.23. The van der Waals surface area contributed by atoms with Gasteiger partial charge in [-0.25, -0.2) is 22.5 Å². The van der Waals surface area contributed by atoms with Crippen molar-refractivity contribution in [3.8, 4) is 11.6 Å². The highest BCUT2D eigenvalue weighted by Gasteiger charge is 2.25. The molecule has 0 unspecified atom stereocenters. The second-order valence-corrected chi connectivity index (χ2v) is 9.00. The molecule has 0 saturated heterocycles. The SMILES string of the molecule is CC.COc1nc(NS(=O)(=O)c2c[nH]c3c(SC(F)F)c(Cl)ccc23)nc(C)c1OCCF. The number of nitrogens with one attached hydrogen (secondary N) is 2. The molecule has 2 aromatic heterocycles. The van der Waals surface area contributed by atoms with Crippen molar-refractivity contribution in [3.63, 3.8) is 0 Å². The van der Waals surface area contributed by atoms with Crippen LogP contribution in [0.5, 0.6) is 11.6 Å². The van der Waals surface area contributed by atoms with E-state index in [0.717, 1.165) is 6.20 Å². The number of aromatic amines is 1. The minimum absolute atomic E-state index is 0.0266. The van der Waals surface area contributed by atoms with Gasteiger partial charge in [-0.15, -0.1) is 0 Å². The third kappa shape index (κ3) is 6.15. The van der Waals surface area contributed by atoms with Gasteiger partial charge < -0.3 is 14.5 Å². The van der Waals surface area contributed by atoms with E-state index in [-0.39, 0.29) is 67.4 Å². The van der Waals surface area contributed by atoms with Crippen molar-refractivity contribution >= 4 is 50.2 Å². The maximum Gasteiger partial charge on any atom is 0.289 e. The van der Waals surface area contributed by atoms with Crippen LogP contribution in [0.3, 0.4) is 0 Å².